The van der Waals surface area contributed by atoms with Gasteiger partial charge in [0.1, 0.15) is 0 Å². The van der Waals surface area contributed by atoms with Gasteiger partial charge in [0.25, 0.3) is 0 Å². The van der Waals surface area contributed by atoms with Crippen LogP contribution in [0.3, 0.4) is 0 Å². The third-order valence-electron chi connectivity index (χ3n) is 2.50. The van der Waals surface area contributed by atoms with Gasteiger partial charge in [-0.25, -0.2) is 0 Å². The van der Waals surface area contributed by atoms with Crippen molar-refractivity contribution in [1.29, 1.82) is 0 Å². The highest BCUT2D eigenvalue weighted by atomic mass is 19.4. The highest BCUT2D eigenvalue weighted by molar-refractivity contribution is 5.83. The van der Waals surface area contributed by atoms with Gasteiger partial charge in [0.2, 0.25) is 0 Å². The van der Waals surface area contributed by atoms with Gasteiger partial charge in [0.15, 0.2) is 0 Å². The van der Waals surface area contributed by atoms with Crippen LogP contribution < -0.4 is 0 Å². The summed E-state index contributed by atoms with van der Waals surface area (Å²) in [5, 5.41) is 8.31. The van der Waals surface area contributed by atoms with Crippen LogP contribution in [0.25, 0.3) is 5.41 Å². The molecule has 0 aliphatic heterocycles. The number of alkyl halides is 12. The first-order chi connectivity index (χ1) is 9.94. The number of nitrogens with zero attached hydrogens (tertiary/aromatic N) is 1. The summed E-state index contributed by atoms with van der Waals surface area (Å²) in [6.07, 6.45) is -25.4. The summed E-state index contributed by atoms with van der Waals surface area (Å²) in [4.78, 5) is 0. The van der Waals surface area contributed by atoms with Crippen molar-refractivity contribution in [2.75, 3.05) is 0 Å². The van der Waals surface area contributed by atoms with Crippen molar-refractivity contribution >= 4 is 5.87 Å². The lowest BCUT2D eigenvalue weighted by molar-refractivity contribution is -0.130. The van der Waals surface area contributed by atoms with Gasteiger partial charge in [0.05, 0.1) is 22.3 Å². The topological polar surface area (TPSA) is 22.3 Å². The van der Waals surface area contributed by atoms with Crippen molar-refractivity contribution < 1.29 is 52.7 Å². The molecule has 0 spiro atoms. The summed E-state index contributed by atoms with van der Waals surface area (Å²) in [6.45, 7) is 0. The van der Waals surface area contributed by atoms with E-state index in [4.69, 9.17) is 5.41 Å². The van der Waals surface area contributed by atoms with Crippen LogP contribution in [0.2, 0.25) is 0 Å². The van der Waals surface area contributed by atoms with Crippen LogP contribution >= 0.6 is 0 Å². The summed E-state index contributed by atoms with van der Waals surface area (Å²) in [5.74, 6) is 0.142. The zero-order valence-corrected chi connectivity index (χ0v) is 9.98. The fourth-order valence-electron chi connectivity index (χ4n) is 1.87. The molecule has 0 saturated heterocycles. The molecule has 0 heterocycles. The van der Waals surface area contributed by atoms with Crippen molar-refractivity contribution in [3.05, 3.63) is 33.3 Å². The van der Waals surface area contributed by atoms with Crippen LogP contribution in [0.1, 0.15) is 0 Å². The maximum atomic E-state index is 12.6. The van der Waals surface area contributed by atoms with Gasteiger partial charge in [-0.05, 0) is 0 Å². The van der Waals surface area contributed by atoms with Crippen molar-refractivity contribution in [2.45, 2.75) is 24.7 Å². The van der Waals surface area contributed by atoms with Gasteiger partial charge in [-0.1, -0.05) is 0 Å². The van der Waals surface area contributed by atoms with E-state index in [0.717, 1.165) is 0 Å². The average molecular weight is 362 g/mol. The molecule has 130 valence electrons. The fraction of sp³-hybridized carbons (Fsp3) is 0.400. The first kappa shape index (κ1) is 19.1. The number of allylic oxidation sites excluding steroid dienone is 5. The highest BCUT2D eigenvalue weighted by Gasteiger charge is 2.62. The average Bonchev–Trinajstić information content (AvgIpc) is 2.61. The fourth-order valence-corrected chi connectivity index (χ4v) is 1.87. The zero-order valence-electron chi connectivity index (χ0n) is 9.98. The Bertz CT molecular complexity index is 577. The summed E-state index contributed by atoms with van der Waals surface area (Å²) < 4.78 is 151. The van der Waals surface area contributed by atoms with E-state index in [9.17, 15) is 52.7 Å². The molecule has 0 bridgehead atoms. The van der Waals surface area contributed by atoms with E-state index in [0.29, 0.717) is 0 Å². The van der Waals surface area contributed by atoms with Crippen LogP contribution in [0.5, 0.6) is 0 Å². The summed E-state index contributed by atoms with van der Waals surface area (Å²) in [7, 11) is 0. The smallest absolute Gasteiger partial charge is 0.418 e. The molecule has 1 nitrogen and oxygen atoms in total. The molecule has 0 amide bonds. The number of halogens is 12. The molecule has 0 atom stereocenters. The Kier molecular flexibility index (Phi) is 4.20. The van der Waals surface area contributed by atoms with E-state index in [1.165, 1.54) is 0 Å². The minimum Gasteiger partial charge on any atom is -0.763 e. The molecule has 0 radical (unpaired) electrons. The van der Waals surface area contributed by atoms with Crippen molar-refractivity contribution in [3.63, 3.8) is 0 Å². The summed E-state index contributed by atoms with van der Waals surface area (Å²) in [6, 6.07) is 0. The zero-order chi connectivity index (χ0) is 18.6. The Balaban J connectivity index is 4.10. The maximum Gasteiger partial charge on any atom is 0.418 e. The molecular weight excluding hydrogens is 362 g/mol. The molecule has 0 fully saturated rings. The van der Waals surface area contributed by atoms with Crippen molar-refractivity contribution in [1.82, 2.24) is 0 Å². The van der Waals surface area contributed by atoms with Crippen LogP contribution in [0.15, 0.2) is 27.9 Å². The first-order valence-electron chi connectivity index (χ1n) is 4.99. The van der Waals surface area contributed by atoms with Crippen LogP contribution in [0, 0.1) is 0 Å². The Hall–Kier alpha value is -1.91. The van der Waals surface area contributed by atoms with Crippen LogP contribution in [0.4, 0.5) is 52.7 Å². The second-order valence-electron chi connectivity index (χ2n) is 3.98. The van der Waals surface area contributed by atoms with Gasteiger partial charge in [-0.2, -0.15) is 52.7 Å². The van der Waals surface area contributed by atoms with E-state index in [1.807, 2.05) is 0 Å². The SMILES string of the molecule is [N-]=C=C1C(C(F)(F)F)=C(C(F)(F)F)C(C(F)(F)F)=C1C(F)(F)F. The quantitative estimate of drug-likeness (QED) is 0.427. The van der Waals surface area contributed by atoms with Gasteiger partial charge < -0.3 is 5.41 Å². The van der Waals surface area contributed by atoms with E-state index >= 15 is 0 Å². The highest BCUT2D eigenvalue weighted by Crippen LogP contribution is 2.57. The van der Waals surface area contributed by atoms with Crippen LogP contribution in [-0.4, -0.2) is 30.6 Å². The Morgan fingerprint density at radius 3 is 0.826 bits per heavy atom. The van der Waals surface area contributed by atoms with Gasteiger partial charge >= 0.3 is 24.7 Å². The first-order valence-corrected chi connectivity index (χ1v) is 4.99. The molecule has 0 aromatic heterocycles. The molecule has 1 rings (SSSR count). The second kappa shape index (κ2) is 5.05. The Morgan fingerprint density at radius 1 is 0.478 bits per heavy atom. The molecule has 13 heteroatoms. The molecule has 1 aliphatic rings. The lowest BCUT2D eigenvalue weighted by Crippen LogP contribution is -2.27. The number of rotatable bonds is 0. The predicted molar refractivity (Wildman–Crippen MR) is 50.2 cm³/mol. The van der Waals surface area contributed by atoms with E-state index in [-0.39, 0.29) is 5.87 Å². The van der Waals surface area contributed by atoms with Gasteiger partial charge in [0, 0.05) is 5.57 Å². The maximum absolute atomic E-state index is 12.6. The summed E-state index contributed by atoms with van der Waals surface area (Å²) >= 11 is 0. The lowest BCUT2D eigenvalue weighted by Gasteiger charge is -2.18. The molecule has 0 saturated carbocycles. The lowest BCUT2D eigenvalue weighted by atomic mass is 10.0. The number of hydrogen-bond donors (Lipinski definition) is 0. The van der Waals surface area contributed by atoms with E-state index in [1.54, 1.807) is 0 Å². The minimum atomic E-state index is -6.43. The summed E-state index contributed by atoms with van der Waals surface area (Å²) in [5.41, 5.74) is -16.6. The molecule has 0 aromatic carbocycles. The predicted octanol–water partition coefficient (Wildman–Crippen LogP) is 5.01. The normalized spacial score (nSPS) is 18.0. The van der Waals surface area contributed by atoms with E-state index < -0.39 is 52.6 Å². The molecule has 0 N–H and O–H groups in total. The Morgan fingerprint density at radius 2 is 0.696 bits per heavy atom. The molecule has 0 aromatic rings. The number of hydrogen-bond acceptors (Lipinski definition) is 0. The molecular formula is C10F12N-. The van der Waals surface area contributed by atoms with Crippen LogP contribution in [-0.2, 0) is 0 Å². The third kappa shape index (κ3) is 3.38. The third-order valence-corrected chi connectivity index (χ3v) is 2.50. The van der Waals surface area contributed by atoms with Gasteiger partial charge in [-0.3, -0.25) is 5.87 Å². The molecule has 1 aliphatic carbocycles. The largest absolute Gasteiger partial charge is 0.763 e. The second-order valence-corrected chi connectivity index (χ2v) is 3.98. The van der Waals surface area contributed by atoms with Crippen molar-refractivity contribution in [3.8, 4) is 0 Å². The van der Waals surface area contributed by atoms with Crippen molar-refractivity contribution in [2.24, 2.45) is 0 Å². The minimum absolute atomic E-state index is 0.142. The Labute approximate surface area is 118 Å². The molecule has 23 heavy (non-hydrogen) atoms. The molecule has 0 unspecified atom stereocenters. The standard InChI is InChI=1S/C10F12N/c11-7(12,13)3-2(1-23)4(8(14,15)16)6(10(20,21)22)5(3)9(17,18)19/q-1. The van der Waals surface area contributed by atoms with E-state index in [2.05, 4.69) is 0 Å². The monoisotopic (exact) mass is 362 g/mol. The van der Waals surface area contributed by atoms with Gasteiger partial charge in [-0.15, -0.1) is 0 Å².